The van der Waals surface area contributed by atoms with E-state index in [1.54, 1.807) is 0 Å². The summed E-state index contributed by atoms with van der Waals surface area (Å²) in [4.78, 5) is 0. The lowest BCUT2D eigenvalue weighted by atomic mass is 10.1. The van der Waals surface area contributed by atoms with Gasteiger partial charge in [0.25, 0.3) is 0 Å². The van der Waals surface area contributed by atoms with Crippen molar-refractivity contribution in [2.24, 2.45) is 11.7 Å². The van der Waals surface area contributed by atoms with Crippen LogP contribution in [0.2, 0.25) is 0 Å². The zero-order chi connectivity index (χ0) is 10.1. The van der Waals surface area contributed by atoms with Crippen LogP contribution in [0.1, 0.15) is 29.8 Å². The second-order valence-electron chi connectivity index (χ2n) is 4.31. The minimum absolute atomic E-state index is 0.719. The Morgan fingerprint density at radius 1 is 1.43 bits per heavy atom. The fourth-order valence-corrected chi connectivity index (χ4v) is 1.96. The van der Waals surface area contributed by atoms with Gasteiger partial charge in [0.1, 0.15) is 0 Å². The molecule has 1 aromatic rings. The molecule has 1 fully saturated rings. The number of nitrogens with zero attached hydrogens (tertiary/aromatic N) is 2. The maximum absolute atomic E-state index is 5.58. The lowest BCUT2D eigenvalue weighted by Crippen LogP contribution is -2.06. The molecular weight excluding hydrogens is 174 g/mol. The van der Waals surface area contributed by atoms with Crippen molar-refractivity contribution in [2.75, 3.05) is 6.54 Å². The summed E-state index contributed by atoms with van der Waals surface area (Å²) < 4.78 is 2.16. The summed E-state index contributed by atoms with van der Waals surface area (Å²) in [7, 11) is 0. The molecule has 3 heteroatoms. The molecule has 1 saturated carbocycles. The van der Waals surface area contributed by atoms with Gasteiger partial charge in [-0.05, 0) is 51.1 Å². The van der Waals surface area contributed by atoms with E-state index >= 15 is 0 Å². The number of aromatic nitrogens is 2. The van der Waals surface area contributed by atoms with Gasteiger partial charge in [-0.1, -0.05) is 0 Å². The van der Waals surface area contributed by atoms with Crippen molar-refractivity contribution in [3.05, 3.63) is 17.0 Å². The molecule has 0 bridgehead atoms. The Balaban J connectivity index is 2.18. The first kappa shape index (κ1) is 9.71. The molecule has 3 nitrogen and oxygen atoms in total. The van der Waals surface area contributed by atoms with E-state index < -0.39 is 0 Å². The molecule has 0 spiro atoms. The van der Waals surface area contributed by atoms with Crippen LogP contribution in [0.15, 0.2) is 0 Å². The van der Waals surface area contributed by atoms with Crippen LogP contribution in [0.25, 0.3) is 0 Å². The number of nitrogens with two attached hydrogens (primary N) is 1. The van der Waals surface area contributed by atoms with Gasteiger partial charge in [-0.15, -0.1) is 0 Å². The molecule has 0 atom stereocenters. The van der Waals surface area contributed by atoms with E-state index in [9.17, 15) is 0 Å². The van der Waals surface area contributed by atoms with Gasteiger partial charge in [0.2, 0.25) is 0 Å². The van der Waals surface area contributed by atoms with E-state index in [2.05, 4.69) is 23.6 Å². The summed E-state index contributed by atoms with van der Waals surface area (Å²) in [6.07, 6.45) is 3.72. The van der Waals surface area contributed by atoms with E-state index in [-0.39, 0.29) is 0 Å². The highest BCUT2D eigenvalue weighted by molar-refractivity contribution is 5.24. The van der Waals surface area contributed by atoms with Crippen molar-refractivity contribution in [3.8, 4) is 0 Å². The van der Waals surface area contributed by atoms with Crippen LogP contribution in [0.5, 0.6) is 0 Å². The Hall–Kier alpha value is -0.830. The normalized spacial score (nSPS) is 16.2. The molecule has 1 aliphatic carbocycles. The Morgan fingerprint density at radius 2 is 2.14 bits per heavy atom. The van der Waals surface area contributed by atoms with Crippen molar-refractivity contribution in [1.29, 1.82) is 0 Å². The molecule has 78 valence electrons. The molecule has 14 heavy (non-hydrogen) atoms. The largest absolute Gasteiger partial charge is 0.330 e. The van der Waals surface area contributed by atoms with Crippen molar-refractivity contribution < 1.29 is 0 Å². The molecule has 1 heterocycles. The predicted octanol–water partition coefficient (Wildman–Crippen LogP) is 1.41. The van der Waals surface area contributed by atoms with Gasteiger partial charge in [-0.3, -0.25) is 4.68 Å². The fourth-order valence-electron chi connectivity index (χ4n) is 1.96. The fraction of sp³-hybridized carbons (Fsp3) is 0.727. The van der Waals surface area contributed by atoms with E-state index in [4.69, 9.17) is 5.73 Å². The van der Waals surface area contributed by atoms with E-state index in [1.165, 1.54) is 24.1 Å². The molecule has 0 aliphatic heterocycles. The van der Waals surface area contributed by atoms with Crippen LogP contribution >= 0.6 is 0 Å². The molecule has 2 N–H and O–H groups in total. The average molecular weight is 193 g/mol. The predicted molar refractivity (Wildman–Crippen MR) is 57.2 cm³/mol. The number of aryl methyl sites for hydroxylation is 1. The Morgan fingerprint density at radius 3 is 2.71 bits per heavy atom. The summed E-state index contributed by atoms with van der Waals surface area (Å²) >= 11 is 0. The lowest BCUT2D eigenvalue weighted by molar-refractivity contribution is 0.546. The molecule has 1 aliphatic rings. The monoisotopic (exact) mass is 193 g/mol. The van der Waals surface area contributed by atoms with Crippen molar-refractivity contribution in [2.45, 2.75) is 39.7 Å². The van der Waals surface area contributed by atoms with Crippen LogP contribution in [-0.4, -0.2) is 16.3 Å². The second-order valence-corrected chi connectivity index (χ2v) is 4.31. The van der Waals surface area contributed by atoms with Gasteiger partial charge in [0, 0.05) is 12.2 Å². The standard InChI is InChI=1S/C11H19N3/c1-8-11(5-6-12)9(2)14(13-8)7-10-3-4-10/h10H,3-7,12H2,1-2H3. The summed E-state index contributed by atoms with van der Waals surface area (Å²) in [6.45, 7) is 6.07. The highest BCUT2D eigenvalue weighted by Gasteiger charge is 2.23. The smallest absolute Gasteiger partial charge is 0.0628 e. The second kappa shape index (κ2) is 3.73. The third-order valence-corrected chi connectivity index (χ3v) is 3.05. The molecular formula is C11H19N3. The minimum Gasteiger partial charge on any atom is -0.330 e. The quantitative estimate of drug-likeness (QED) is 0.785. The third kappa shape index (κ3) is 1.82. The van der Waals surface area contributed by atoms with Crippen molar-refractivity contribution in [3.63, 3.8) is 0 Å². The van der Waals surface area contributed by atoms with Gasteiger partial charge >= 0.3 is 0 Å². The van der Waals surface area contributed by atoms with E-state index in [0.717, 1.165) is 31.1 Å². The zero-order valence-corrected chi connectivity index (χ0v) is 9.08. The van der Waals surface area contributed by atoms with Gasteiger partial charge < -0.3 is 5.73 Å². The van der Waals surface area contributed by atoms with Crippen molar-refractivity contribution >= 4 is 0 Å². The summed E-state index contributed by atoms with van der Waals surface area (Å²) in [5.74, 6) is 0.888. The average Bonchev–Trinajstić information content (AvgIpc) is 2.91. The van der Waals surface area contributed by atoms with E-state index in [1.807, 2.05) is 0 Å². The topological polar surface area (TPSA) is 43.8 Å². The third-order valence-electron chi connectivity index (χ3n) is 3.05. The number of rotatable bonds is 4. The maximum Gasteiger partial charge on any atom is 0.0628 e. The summed E-state index contributed by atoms with van der Waals surface area (Å²) in [5.41, 5.74) is 9.42. The van der Waals surface area contributed by atoms with Crippen LogP contribution in [0.4, 0.5) is 0 Å². The minimum atomic E-state index is 0.719. The van der Waals surface area contributed by atoms with Gasteiger partial charge in [0.05, 0.1) is 5.69 Å². The Bertz CT molecular complexity index is 324. The Labute approximate surface area is 85.3 Å². The van der Waals surface area contributed by atoms with E-state index in [0.29, 0.717) is 0 Å². The molecule has 0 saturated heterocycles. The highest BCUT2D eigenvalue weighted by Crippen LogP contribution is 2.31. The first-order chi connectivity index (χ1) is 6.72. The highest BCUT2D eigenvalue weighted by atomic mass is 15.3. The van der Waals surface area contributed by atoms with Crippen LogP contribution in [-0.2, 0) is 13.0 Å². The number of hydrogen-bond acceptors (Lipinski definition) is 2. The molecule has 0 aromatic carbocycles. The molecule has 0 unspecified atom stereocenters. The summed E-state index contributed by atoms with van der Waals surface area (Å²) in [5, 5.41) is 4.57. The first-order valence-corrected chi connectivity index (χ1v) is 5.45. The molecule has 2 rings (SSSR count). The van der Waals surface area contributed by atoms with Crippen LogP contribution < -0.4 is 5.73 Å². The van der Waals surface area contributed by atoms with Crippen LogP contribution in [0, 0.1) is 19.8 Å². The number of hydrogen-bond donors (Lipinski definition) is 1. The van der Waals surface area contributed by atoms with Gasteiger partial charge in [0.15, 0.2) is 0 Å². The Kier molecular flexibility index (Phi) is 2.59. The molecule has 0 radical (unpaired) electrons. The van der Waals surface area contributed by atoms with Crippen molar-refractivity contribution in [1.82, 2.24) is 9.78 Å². The lowest BCUT2D eigenvalue weighted by Gasteiger charge is -2.03. The molecule has 0 amide bonds. The van der Waals surface area contributed by atoms with Crippen LogP contribution in [0.3, 0.4) is 0 Å². The zero-order valence-electron chi connectivity index (χ0n) is 9.08. The maximum atomic E-state index is 5.58. The van der Waals surface area contributed by atoms with Gasteiger partial charge in [-0.25, -0.2) is 0 Å². The molecule has 1 aromatic heterocycles. The summed E-state index contributed by atoms with van der Waals surface area (Å²) in [6, 6.07) is 0. The van der Waals surface area contributed by atoms with Gasteiger partial charge in [-0.2, -0.15) is 5.10 Å². The first-order valence-electron chi connectivity index (χ1n) is 5.45. The SMILES string of the molecule is Cc1nn(CC2CC2)c(C)c1CCN.